The third-order valence-electron chi connectivity index (χ3n) is 6.04. The molecule has 1 N–H and O–H groups in total. The smallest absolute Gasteiger partial charge is 0.374 e. The van der Waals surface area contributed by atoms with Crippen molar-refractivity contribution in [3.8, 4) is 0 Å². The van der Waals surface area contributed by atoms with Gasteiger partial charge in [0.1, 0.15) is 0 Å². The Kier molecular flexibility index (Phi) is 3.23. The number of hydrogen-bond donors (Lipinski definition) is 1. The van der Waals surface area contributed by atoms with Gasteiger partial charge in [-0.1, -0.05) is 6.92 Å². The molecule has 0 spiro atoms. The molecule has 4 fully saturated rings. The highest BCUT2D eigenvalue weighted by molar-refractivity contribution is 5.10. The van der Waals surface area contributed by atoms with Gasteiger partial charge >= 0.3 is 12.4 Å². The molecule has 7 heteroatoms. The van der Waals surface area contributed by atoms with Gasteiger partial charge in [0.2, 0.25) is 0 Å². The lowest BCUT2D eigenvalue weighted by Crippen LogP contribution is -2.62. The third-order valence-corrected chi connectivity index (χ3v) is 6.04. The number of aliphatic hydroxyl groups is 1. The van der Waals surface area contributed by atoms with Gasteiger partial charge in [-0.2, -0.15) is 26.3 Å². The average molecular weight is 330 g/mol. The molecule has 0 aliphatic heterocycles. The van der Waals surface area contributed by atoms with Crippen molar-refractivity contribution >= 4 is 0 Å². The van der Waals surface area contributed by atoms with Crippen LogP contribution in [-0.2, 0) is 0 Å². The summed E-state index contributed by atoms with van der Waals surface area (Å²) in [6.45, 7) is 1.97. The zero-order valence-electron chi connectivity index (χ0n) is 12.3. The molecule has 0 aromatic heterocycles. The van der Waals surface area contributed by atoms with E-state index < -0.39 is 29.8 Å². The first-order valence-corrected chi connectivity index (χ1v) is 7.64. The zero-order chi connectivity index (χ0) is 16.6. The van der Waals surface area contributed by atoms with Gasteiger partial charge in [0.15, 0.2) is 0 Å². The van der Waals surface area contributed by atoms with Gasteiger partial charge in [0.25, 0.3) is 5.60 Å². The van der Waals surface area contributed by atoms with Crippen LogP contribution in [0.25, 0.3) is 0 Å². The molecule has 0 heterocycles. The van der Waals surface area contributed by atoms with Crippen LogP contribution in [0.2, 0.25) is 0 Å². The molecule has 22 heavy (non-hydrogen) atoms. The van der Waals surface area contributed by atoms with Crippen molar-refractivity contribution in [2.45, 2.75) is 69.8 Å². The van der Waals surface area contributed by atoms with Gasteiger partial charge in [-0.3, -0.25) is 0 Å². The second kappa shape index (κ2) is 4.33. The fourth-order valence-corrected chi connectivity index (χ4v) is 6.04. The van der Waals surface area contributed by atoms with Gasteiger partial charge in [-0.15, -0.1) is 0 Å². The Hall–Kier alpha value is -0.460. The van der Waals surface area contributed by atoms with Gasteiger partial charge in [-0.25, -0.2) is 0 Å². The third kappa shape index (κ3) is 2.34. The van der Waals surface area contributed by atoms with E-state index >= 15 is 0 Å². The molecule has 0 aromatic rings. The summed E-state index contributed by atoms with van der Waals surface area (Å²) in [7, 11) is 0. The maximum atomic E-state index is 13.0. The topological polar surface area (TPSA) is 20.2 Å². The maximum absolute atomic E-state index is 13.0. The summed E-state index contributed by atoms with van der Waals surface area (Å²) in [6, 6.07) is 0. The molecule has 0 amide bonds. The van der Waals surface area contributed by atoms with Crippen LogP contribution in [0.3, 0.4) is 0 Å². The first-order chi connectivity index (χ1) is 9.78. The summed E-state index contributed by atoms with van der Waals surface area (Å²) in [6.07, 6.45) is -8.82. The normalized spacial score (nSPS) is 42.0. The van der Waals surface area contributed by atoms with E-state index in [-0.39, 0.29) is 17.3 Å². The summed E-state index contributed by atoms with van der Waals surface area (Å²) in [5.74, 6) is 0.411. The number of hydrogen-bond acceptors (Lipinski definition) is 1. The van der Waals surface area contributed by atoms with E-state index in [4.69, 9.17) is 0 Å². The molecule has 4 rings (SSSR count). The Bertz CT molecular complexity index is 438. The largest absolute Gasteiger partial charge is 0.426 e. The minimum absolute atomic E-state index is 0.164. The quantitative estimate of drug-likeness (QED) is 0.719. The highest BCUT2D eigenvalue weighted by atomic mass is 19.4. The van der Waals surface area contributed by atoms with Crippen LogP contribution in [0, 0.1) is 22.7 Å². The fraction of sp³-hybridized carbons (Fsp3) is 1.00. The monoisotopic (exact) mass is 330 g/mol. The second-order valence-electron chi connectivity index (χ2n) is 8.30. The Morgan fingerprint density at radius 2 is 1.36 bits per heavy atom. The first-order valence-electron chi connectivity index (χ1n) is 7.64. The zero-order valence-corrected chi connectivity index (χ0v) is 12.3. The SMILES string of the molecule is CC12CC3CC(C1)CC(CC(O)(C(F)(F)F)C(F)(F)F)(C3)C2. The van der Waals surface area contributed by atoms with Gasteiger partial charge in [0.05, 0.1) is 0 Å². The molecule has 4 saturated carbocycles. The molecule has 0 radical (unpaired) electrons. The van der Waals surface area contributed by atoms with Crippen LogP contribution < -0.4 is 0 Å². The molecule has 4 aliphatic carbocycles. The van der Waals surface area contributed by atoms with E-state index in [1.54, 1.807) is 0 Å². The van der Waals surface area contributed by atoms with Crippen LogP contribution in [0.5, 0.6) is 0 Å². The molecule has 128 valence electrons. The van der Waals surface area contributed by atoms with Crippen molar-refractivity contribution in [2.75, 3.05) is 0 Å². The Labute approximate surface area is 125 Å². The molecule has 2 unspecified atom stereocenters. The minimum Gasteiger partial charge on any atom is -0.374 e. The number of alkyl halides is 6. The fourth-order valence-electron chi connectivity index (χ4n) is 6.04. The molecule has 1 nitrogen and oxygen atoms in total. The Morgan fingerprint density at radius 3 is 1.73 bits per heavy atom. The number of rotatable bonds is 2. The summed E-state index contributed by atoms with van der Waals surface area (Å²) < 4.78 is 78.1. The predicted molar refractivity (Wildman–Crippen MR) is 66.9 cm³/mol. The average Bonchev–Trinajstić information content (AvgIpc) is 2.20. The maximum Gasteiger partial charge on any atom is 0.426 e. The van der Waals surface area contributed by atoms with E-state index in [0.717, 1.165) is 19.3 Å². The number of halogens is 6. The molecule has 4 aliphatic rings. The van der Waals surface area contributed by atoms with Crippen LogP contribution in [0.1, 0.15) is 51.9 Å². The molecule has 4 bridgehead atoms. The van der Waals surface area contributed by atoms with Gasteiger partial charge in [-0.05, 0) is 67.6 Å². The highest BCUT2D eigenvalue weighted by Crippen LogP contribution is 2.68. The van der Waals surface area contributed by atoms with Gasteiger partial charge < -0.3 is 5.11 Å². The lowest BCUT2D eigenvalue weighted by molar-refractivity contribution is -0.380. The highest BCUT2D eigenvalue weighted by Gasteiger charge is 2.73. The van der Waals surface area contributed by atoms with Crippen molar-refractivity contribution in [1.82, 2.24) is 0 Å². The summed E-state index contributed by atoms with van der Waals surface area (Å²) in [4.78, 5) is 0. The molecule has 0 aromatic carbocycles. The first kappa shape index (κ1) is 16.4. The van der Waals surface area contributed by atoms with E-state index in [1.807, 2.05) is 6.92 Å². The van der Waals surface area contributed by atoms with E-state index in [0.29, 0.717) is 19.3 Å². The predicted octanol–water partition coefficient (Wildman–Crippen LogP) is 4.84. The second-order valence-corrected chi connectivity index (χ2v) is 8.30. The lowest BCUT2D eigenvalue weighted by Gasteiger charge is -2.62. The summed E-state index contributed by atoms with van der Waals surface area (Å²) in [5, 5.41) is 9.58. The van der Waals surface area contributed by atoms with Crippen molar-refractivity contribution < 1.29 is 31.4 Å². The van der Waals surface area contributed by atoms with Crippen LogP contribution in [0.4, 0.5) is 26.3 Å². The molecular weight excluding hydrogens is 310 g/mol. The minimum atomic E-state index is -5.70. The molecule has 0 saturated heterocycles. The molecular formula is C15H20F6O. The van der Waals surface area contributed by atoms with Crippen molar-refractivity contribution in [2.24, 2.45) is 22.7 Å². The van der Waals surface area contributed by atoms with E-state index in [1.165, 1.54) is 0 Å². The van der Waals surface area contributed by atoms with Crippen LogP contribution in [-0.4, -0.2) is 23.1 Å². The summed E-state index contributed by atoms with van der Waals surface area (Å²) >= 11 is 0. The van der Waals surface area contributed by atoms with Crippen molar-refractivity contribution in [3.05, 3.63) is 0 Å². The summed E-state index contributed by atoms with van der Waals surface area (Å²) in [5.41, 5.74) is -5.79. The lowest BCUT2D eigenvalue weighted by atomic mass is 9.43. The van der Waals surface area contributed by atoms with Gasteiger partial charge in [0, 0.05) is 0 Å². The van der Waals surface area contributed by atoms with Crippen LogP contribution >= 0.6 is 0 Å². The van der Waals surface area contributed by atoms with E-state index in [9.17, 15) is 31.4 Å². The van der Waals surface area contributed by atoms with Crippen LogP contribution in [0.15, 0.2) is 0 Å². The Balaban J connectivity index is 1.94. The van der Waals surface area contributed by atoms with E-state index in [2.05, 4.69) is 0 Å². The Morgan fingerprint density at radius 1 is 0.909 bits per heavy atom. The standard InChI is InChI=1S/C15H20F6O/c1-11-3-9-2-10(4-11)6-12(5-9,7-11)8-13(22,14(16,17)18)15(19,20)21/h9-10,22H,2-8H2,1H3. The van der Waals surface area contributed by atoms with Crippen molar-refractivity contribution in [3.63, 3.8) is 0 Å². The molecule has 2 atom stereocenters. The van der Waals surface area contributed by atoms with Crippen molar-refractivity contribution in [1.29, 1.82) is 0 Å².